The molecule has 16 heavy (non-hydrogen) atoms. The third-order valence-electron chi connectivity index (χ3n) is 2.22. The monoisotopic (exact) mass is 236 g/mol. The van der Waals surface area contributed by atoms with Gasteiger partial charge in [0.25, 0.3) is 5.91 Å². The van der Waals surface area contributed by atoms with Crippen LogP contribution in [0.5, 0.6) is 0 Å². The normalized spacial score (nSPS) is 11.6. The predicted octanol–water partition coefficient (Wildman–Crippen LogP) is 2.68. The molecular formula is C12H13ClN2O. The van der Waals surface area contributed by atoms with Crippen LogP contribution in [0.2, 0.25) is 5.02 Å². The largest absolute Gasteiger partial charge is 0.349 e. The van der Waals surface area contributed by atoms with Crippen molar-refractivity contribution in [2.24, 2.45) is 0 Å². The molecule has 1 rings (SSSR count). The smallest absolute Gasteiger partial charge is 0.251 e. The van der Waals surface area contributed by atoms with Gasteiger partial charge in [0.15, 0.2) is 0 Å². The van der Waals surface area contributed by atoms with E-state index in [-0.39, 0.29) is 11.9 Å². The summed E-state index contributed by atoms with van der Waals surface area (Å²) in [6.45, 7) is 3.64. The van der Waals surface area contributed by atoms with E-state index in [2.05, 4.69) is 5.32 Å². The molecule has 0 bridgehead atoms. The Hall–Kier alpha value is -1.53. The molecule has 1 amide bonds. The van der Waals surface area contributed by atoms with E-state index in [0.29, 0.717) is 17.0 Å². The first-order chi connectivity index (χ1) is 7.54. The Morgan fingerprint density at radius 2 is 2.31 bits per heavy atom. The summed E-state index contributed by atoms with van der Waals surface area (Å²) in [7, 11) is 0. The highest BCUT2D eigenvalue weighted by Crippen LogP contribution is 2.15. The summed E-state index contributed by atoms with van der Waals surface area (Å²) in [5, 5.41) is 11.8. The molecule has 1 unspecified atom stereocenters. The highest BCUT2D eigenvalue weighted by molar-refractivity contribution is 6.31. The SMILES string of the molecule is Cc1ccc(Cl)cc1C(=O)NC(C)CC#N. The molecule has 4 heteroatoms. The molecule has 1 N–H and O–H groups in total. The number of carbonyl (C=O) groups is 1. The van der Waals surface area contributed by atoms with Crippen molar-refractivity contribution in [1.29, 1.82) is 5.26 Å². The standard InChI is InChI=1S/C12H13ClN2O/c1-8-3-4-10(13)7-11(8)12(16)15-9(2)5-6-14/h3-4,7,9H,5H2,1-2H3,(H,15,16). The van der Waals surface area contributed by atoms with Crippen LogP contribution in [-0.2, 0) is 0 Å². The number of amides is 1. The van der Waals surface area contributed by atoms with Gasteiger partial charge in [-0.3, -0.25) is 4.79 Å². The second-order valence-corrected chi connectivity index (χ2v) is 4.13. The van der Waals surface area contributed by atoms with Crippen LogP contribution in [0.15, 0.2) is 18.2 Å². The third kappa shape index (κ3) is 3.25. The summed E-state index contributed by atoms with van der Waals surface area (Å²) in [4.78, 5) is 11.8. The molecule has 84 valence electrons. The van der Waals surface area contributed by atoms with Gasteiger partial charge in [0.05, 0.1) is 12.5 Å². The first kappa shape index (κ1) is 12.5. The minimum atomic E-state index is -0.192. The van der Waals surface area contributed by atoms with E-state index in [0.717, 1.165) is 5.56 Å². The molecule has 0 aliphatic rings. The molecule has 3 nitrogen and oxygen atoms in total. The van der Waals surface area contributed by atoms with Crippen molar-refractivity contribution in [3.8, 4) is 6.07 Å². The van der Waals surface area contributed by atoms with E-state index in [1.807, 2.05) is 13.0 Å². The van der Waals surface area contributed by atoms with E-state index in [1.54, 1.807) is 25.1 Å². The number of rotatable bonds is 3. The Labute approximate surface area is 100 Å². The number of benzene rings is 1. The Kier molecular flexibility index (Phi) is 4.33. The van der Waals surface area contributed by atoms with Crippen LogP contribution in [0.3, 0.4) is 0 Å². The molecule has 0 saturated carbocycles. The summed E-state index contributed by atoms with van der Waals surface area (Å²) in [5.41, 5.74) is 1.42. The van der Waals surface area contributed by atoms with Crippen molar-refractivity contribution in [1.82, 2.24) is 5.32 Å². The second-order valence-electron chi connectivity index (χ2n) is 3.70. The average molecular weight is 237 g/mol. The first-order valence-electron chi connectivity index (χ1n) is 4.98. The fourth-order valence-corrected chi connectivity index (χ4v) is 1.50. The lowest BCUT2D eigenvalue weighted by atomic mass is 10.1. The Morgan fingerprint density at radius 1 is 1.62 bits per heavy atom. The van der Waals surface area contributed by atoms with E-state index in [1.165, 1.54) is 0 Å². The molecule has 1 aromatic rings. The molecule has 1 atom stereocenters. The molecular weight excluding hydrogens is 224 g/mol. The van der Waals surface area contributed by atoms with Gasteiger partial charge in [0, 0.05) is 16.6 Å². The maximum absolute atomic E-state index is 11.8. The number of nitrogens with zero attached hydrogens (tertiary/aromatic N) is 1. The van der Waals surface area contributed by atoms with Gasteiger partial charge < -0.3 is 5.32 Å². The Bertz CT molecular complexity index is 437. The number of aryl methyl sites for hydroxylation is 1. The minimum absolute atomic E-state index is 0.157. The topological polar surface area (TPSA) is 52.9 Å². The van der Waals surface area contributed by atoms with Gasteiger partial charge in [-0.05, 0) is 31.5 Å². The quantitative estimate of drug-likeness (QED) is 0.877. The summed E-state index contributed by atoms with van der Waals surface area (Å²) in [5.74, 6) is -0.192. The lowest BCUT2D eigenvalue weighted by Gasteiger charge is -2.12. The van der Waals surface area contributed by atoms with Crippen molar-refractivity contribution < 1.29 is 4.79 Å². The van der Waals surface area contributed by atoms with Gasteiger partial charge in [-0.25, -0.2) is 0 Å². The third-order valence-corrected chi connectivity index (χ3v) is 2.45. The van der Waals surface area contributed by atoms with Gasteiger partial charge in [0.2, 0.25) is 0 Å². The number of hydrogen-bond donors (Lipinski definition) is 1. The number of nitrogens with one attached hydrogen (secondary N) is 1. The molecule has 0 saturated heterocycles. The molecule has 0 aliphatic carbocycles. The van der Waals surface area contributed by atoms with Crippen LogP contribution >= 0.6 is 11.6 Å². The van der Waals surface area contributed by atoms with Crippen molar-refractivity contribution >= 4 is 17.5 Å². The lowest BCUT2D eigenvalue weighted by molar-refractivity contribution is 0.0940. The zero-order valence-electron chi connectivity index (χ0n) is 9.25. The summed E-state index contributed by atoms with van der Waals surface area (Å²) >= 11 is 5.83. The number of carbonyl (C=O) groups excluding carboxylic acids is 1. The molecule has 0 aliphatic heterocycles. The molecule has 0 heterocycles. The van der Waals surface area contributed by atoms with Crippen LogP contribution in [-0.4, -0.2) is 11.9 Å². The zero-order chi connectivity index (χ0) is 12.1. The summed E-state index contributed by atoms with van der Waals surface area (Å²) in [6, 6.07) is 7.02. The highest BCUT2D eigenvalue weighted by Gasteiger charge is 2.12. The van der Waals surface area contributed by atoms with E-state index in [9.17, 15) is 4.79 Å². The van der Waals surface area contributed by atoms with Crippen molar-refractivity contribution in [2.45, 2.75) is 26.3 Å². The maximum atomic E-state index is 11.8. The average Bonchev–Trinajstić information content (AvgIpc) is 2.21. The zero-order valence-corrected chi connectivity index (χ0v) is 10.0. The van der Waals surface area contributed by atoms with Crippen molar-refractivity contribution in [3.05, 3.63) is 34.3 Å². The van der Waals surface area contributed by atoms with Gasteiger partial charge in [-0.2, -0.15) is 5.26 Å². The predicted molar refractivity (Wildman–Crippen MR) is 63.3 cm³/mol. The van der Waals surface area contributed by atoms with Crippen LogP contribution in [0, 0.1) is 18.3 Å². The van der Waals surface area contributed by atoms with Gasteiger partial charge in [0.1, 0.15) is 0 Å². The molecule has 0 radical (unpaired) electrons. The summed E-state index contributed by atoms with van der Waals surface area (Å²) < 4.78 is 0. The van der Waals surface area contributed by atoms with E-state index in [4.69, 9.17) is 16.9 Å². The second kappa shape index (κ2) is 5.53. The van der Waals surface area contributed by atoms with Gasteiger partial charge in [-0.15, -0.1) is 0 Å². The first-order valence-corrected chi connectivity index (χ1v) is 5.36. The van der Waals surface area contributed by atoms with Gasteiger partial charge in [-0.1, -0.05) is 17.7 Å². The lowest BCUT2D eigenvalue weighted by Crippen LogP contribution is -2.32. The van der Waals surface area contributed by atoms with Gasteiger partial charge >= 0.3 is 0 Å². The van der Waals surface area contributed by atoms with Crippen LogP contribution in [0.1, 0.15) is 29.3 Å². The van der Waals surface area contributed by atoms with Crippen molar-refractivity contribution in [3.63, 3.8) is 0 Å². The fraction of sp³-hybridized carbons (Fsp3) is 0.333. The van der Waals surface area contributed by atoms with Crippen LogP contribution in [0.4, 0.5) is 0 Å². The fourth-order valence-electron chi connectivity index (χ4n) is 1.33. The number of halogens is 1. The van der Waals surface area contributed by atoms with Crippen LogP contribution < -0.4 is 5.32 Å². The van der Waals surface area contributed by atoms with Crippen molar-refractivity contribution in [2.75, 3.05) is 0 Å². The molecule has 0 aromatic heterocycles. The summed E-state index contributed by atoms with van der Waals surface area (Å²) in [6.07, 6.45) is 0.297. The number of hydrogen-bond acceptors (Lipinski definition) is 2. The maximum Gasteiger partial charge on any atom is 0.251 e. The number of nitriles is 1. The highest BCUT2D eigenvalue weighted by atomic mass is 35.5. The van der Waals surface area contributed by atoms with E-state index >= 15 is 0 Å². The Morgan fingerprint density at radius 3 is 2.94 bits per heavy atom. The molecule has 0 spiro atoms. The molecule has 1 aromatic carbocycles. The molecule has 0 fully saturated rings. The van der Waals surface area contributed by atoms with E-state index < -0.39 is 0 Å². The minimum Gasteiger partial charge on any atom is -0.349 e. The van der Waals surface area contributed by atoms with Crippen LogP contribution in [0.25, 0.3) is 0 Å². The Balaban J connectivity index is 2.81.